The van der Waals surface area contributed by atoms with Crippen LogP contribution in [0.2, 0.25) is 0 Å². The third-order valence-electron chi connectivity index (χ3n) is 3.07. The van der Waals surface area contributed by atoms with E-state index in [0.29, 0.717) is 24.5 Å². The maximum Gasteiger partial charge on any atom is 0.306 e. The van der Waals surface area contributed by atoms with Crippen molar-refractivity contribution in [1.82, 2.24) is 4.90 Å². The second kappa shape index (κ2) is 9.71. The summed E-state index contributed by atoms with van der Waals surface area (Å²) in [7, 11) is -0.725. The van der Waals surface area contributed by atoms with Crippen LogP contribution < -0.4 is 8.92 Å². The number of amides is 1. The molecule has 1 aromatic rings. The third kappa shape index (κ3) is 6.94. The van der Waals surface area contributed by atoms with Crippen molar-refractivity contribution < 1.29 is 26.9 Å². The molecule has 0 spiro atoms. The molecule has 0 atom stereocenters. The normalized spacial score (nSPS) is 11.2. The van der Waals surface area contributed by atoms with Crippen LogP contribution in [0.5, 0.6) is 11.5 Å². The lowest BCUT2D eigenvalue weighted by atomic mass is 10.2. The summed E-state index contributed by atoms with van der Waals surface area (Å²) in [5, 5.41) is 0. The Hall–Kier alpha value is -1.51. The molecule has 0 radical (unpaired) electrons. The molecule has 136 valence electrons. The first kappa shape index (κ1) is 20.5. The zero-order chi connectivity index (χ0) is 18.2. The molecular weight excluding hydrogens is 358 g/mol. The zero-order valence-electron chi connectivity index (χ0n) is 14.0. The van der Waals surface area contributed by atoms with E-state index in [-0.39, 0.29) is 30.5 Å². The second-order valence-corrected chi connectivity index (χ2v) is 6.97. The monoisotopic (exact) mass is 379 g/mol. The van der Waals surface area contributed by atoms with E-state index in [2.05, 4.69) is 0 Å². The van der Waals surface area contributed by atoms with E-state index in [1.807, 2.05) is 0 Å². The molecule has 0 unspecified atom stereocenters. The van der Waals surface area contributed by atoms with Crippen LogP contribution in [0.4, 0.5) is 0 Å². The molecule has 1 aromatic carbocycles. The molecule has 24 heavy (non-hydrogen) atoms. The number of ether oxygens (including phenoxy) is 2. The number of carbonyl (C=O) groups excluding carboxylic acids is 1. The van der Waals surface area contributed by atoms with Crippen molar-refractivity contribution in [2.75, 3.05) is 39.5 Å². The highest BCUT2D eigenvalue weighted by Crippen LogP contribution is 2.29. The minimum Gasteiger partial charge on any atom is -0.493 e. The van der Waals surface area contributed by atoms with Crippen LogP contribution in [0.1, 0.15) is 12.0 Å². The van der Waals surface area contributed by atoms with Crippen molar-refractivity contribution in [3.8, 4) is 11.5 Å². The minimum atomic E-state index is -3.69. The number of hydrogen-bond acceptors (Lipinski definition) is 6. The fourth-order valence-corrected chi connectivity index (χ4v) is 2.62. The maximum atomic E-state index is 12.1. The van der Waals surface area contributed by atoms with Crippen molar-refractivity contribution in [2.24, 2.45) is 0 Å². The molecule has 0 aromatic heterocycles. The lowest BCUT2D eigenvalue weighted by Crippen LogP contribution is -2.33. The van der Waals surface area contributed by atoms with E-state index < -0.39 is 10.1 Å². The van der Waals surface area contributed by atoms with Crippen LogP contribution >= 0.6 is 11.6 Å². The average Bonchev–Trinajstić information content (AvgIpc) is 2.50. The molecular formula is C15H22ClNO6S. The van der Waals surface area contributed by atoms with Crippen molar-refractivity contribution in [3.63, 3.8) is 0 Å². The molecule has 0 aliphatic rings. The topological polar surface area (TPSA) is 82.1 Å². The Morgan fingerprint density at radius 3 is 2.50 bits per heavy atom. The van der Waals surface area contributed by atoms with Gasteiger partial charge in [0.1, 0.15) is 0 Å². The number of carbonyl (C=O) groups is 1. The van der Waals surface area contributed by atoms with E-state index in [0.717, 1.165) is 6.26 Å². The second-order valence-electron chi connectivity index (χ2n) is 5.02. The summed E-state index contributed by atoms with van der Waals surface area (Å²) in [6.45, 7) is 1.07. The summed E-state index contributed by atoms with van der Waals surface area (Å²) < 4.78 is 37.8. The van der Waals surface area contributed by atoms with Crippen LogP contribution in [-0.4, -0.2) is 58.7 Å². The van der Waals surface area contributed by atoms with Gasteiger partial charge < -0.3 is 18.6 Å². The Morgan fingerprint density at radius 1 is 1.25 bits per heavy atom. The van der Waals surface area contributed by atoms with Crippen molar-refractivity contribution in [1.29, 1.82) is 0 Å². The van der Waals surface area contributed by atoms with Crippen LogP contribution in [-0.2, 0) is 26.2 Å². The van der Waals surface area contributed by atoms with E-state index in [1.54, 1.807) is 24.1 Å². The Morgan fingerprint density at radius 2 is 1.96 bits per heavy atom. The van der Waals surface area contributed by atoms with Gasteiger partial charge in [-0.2, -0.15) is 8.42 Å². The summed E-state index contributed by atoms with van der Waals surface area (Å²) in [5.41, 5.74) is 0.702. The maximum absolute atomic E-state index is 12.1. The van der Waals surface area contributed by atoms with Gasteiger partial charge in [0, 0.05) is 32.5 Å². The lowest BCUT2D eigenvalue weighted by Gasteiger charge is -2.22. The predicted octanol–water partition coefficient (Wildman–Crippen LogP) is 1.64. The van der Waals surface area contributed by atoms with Gasteiger partial charge in [-0.25, -0.2) is 0 Å². The Kier molecular flexibility index (Phi) is 8.30. The standard InChI is InChI=1S/C15H22ClNO6S/c1-21-9-8-17(15(18)6-7-16)11-12-4-5-13(22-2)14(10-12)23-24(3,19)20/h4-5,10H,6-9,11H2,1-3H3. The molecule has 0 bridgehead atoms. The van der Waals surface area contributed by atoms with Gasteiger partial charge in [0.05, 0.1) is 20.0 Å². The Labute approximate surface area is 147 Å². The SMILES string of the molecule is COCCN(Cc1ccc(OC)c(OS(C)(=O)=O)c1)C(=O)CCCl. The molecule has 0 heterocycles. The van der Waals surface area contributed by atoms with Crippen LogP contribution in [0.3, 0.4) is 0 Å². The minimum absolute atomic E-state index is 0.0778. The van der Waals surface area contributed by atoms with Gasteiger partial charge in [0.15, 0.2) is 11.5 Å². The fourth-order valence-electron chi connectivity index (χ4n) is 2.00. The van der Waals surface area contributed by atoms with Gasteiger partial charge in [0.25, 0.3) is 0 Å². The number of halogens is 1. The summed E-state index contributed by atoms with van der Waals surface area (Å²) in [4.78, 5) is 13.7. The van der Waals surface area contributed by atoms with E-state index in [1.165, 1.54) is 13.2 Å². The van der Waals surface area contributed by atoms with E-state index in [4.69, 9.17) is 25.3 Å². The molecule has 0 saturated carbocycles. The highest BCUT2D eigenvalue weighted by molar-refractivity contribution is 7.86. The number of benzene rings is 1. The highest BCUT2D eigenvalue weighted by atomic mass is 35.5. The van der Waals surface area contributed by atoms with Gasteiger partial charge in [-0.15, -0.1) is 11.6 Å². The van der Waals surface area contributed by atoms with Gasteiger partial charge in [0.2, 0.25) is 5.91 Å². The Balaban J connectivity index is 3.01. The largest absolute Gasteiger partial charge is 0.493 e. The average molecular weight is 380 g/mol. The fraction of sp³-hybridized carbons (Fsp3) is 0.533. The third-order valence-corrected chi connectivity index (χ3v) is 3.74. The molecule has 0 aliphatic heterocycles. The summed E-state index contributed by atoms with van der Waals surface area (Å²) in [6, 6.07) is 4.87. The molecule has 1 amide bonds. The number of hydrogen-bond donors (Lipinski definition) is 0. The van der Waals surface area contributed by atoms with Gasteiger partial charge in [-0.3, -0.25) is 4.79 Å². The number of rotatable bonds is 10. The smallest absolute Gasteiger partial charge is 0.306 e. The van der Waals surface area contributed by atoms with Gasteiger partial charge in [-0.1, -0.05) is 6.07 Å². The molecule has 0 N–H and O–H groups in total. The van der Waals surface area contributed by atoms with Crippen LogP contribution in [0, 0.1) is 0 Å². The lowest BCUT2D eigenvalue weighted by molar-refractivity contribution is -0.132. The van der Waals surface area contributed by atoms with Gasteiger partial charge in [-0.05, 0) is 17.7 Å². The first-order valence-corrected chi connectivity index (χ1v) is 9.55. The first-order chi connectivity index (χ1) is 11.3. The first-order valence-electron chi connectivity index (χ1n) is 7.19. The molecule has 0 aliphatic carbocycles. The summed E-state index contributed by atoms with van der Waals surface area (Å²) in [5.74, 6) is 0.491. The molecule has 7 nitrogen and oxygen atoms in total. The Bertz CT molecular complexity index is 649. The van der Waals surface area contributed by atoms with Crippen LogP contribution in [0.25, 0.3) is 0 Å². The number of alkyl halides is 1. The molecule has 1 rings (SSSR count). The van der Waals surface area contributed by atoms with Crippen LogP contribution in [0.15, 0.2) is 18.2 Å². The number of methoxy groups -OCH3 is 2. The van der Waals surface area contributed by atoms with Gasteiger partial charge >= 0.3 is 10.1 Å². The van der Waals surface area contributed by atoms with E-state index >= 15 is 0 Å². The van der Waals surface area contributed by atoms with Crippen molar-refractivity contribution >= 4 is 27.6 Å². The summed E-state index contributed by atoms with van der Waals surface area (Å²) >= 11 is 5.63. The quantitative estimate of drug-likeness (QED) is 0.454. The van der Waals surface area contributed by atoms with Crippen molar-refractivity contribution in [3.05, 3.63) is 23.8 Å². The zero-order valence-corrected chi connectivity index (χ0v) is 15.5. The predicted molar refractivity (Wildman–Crippen MR) is 91.1 cm³/mol. The molecule has 0 fully saturated rings. The summed E-state index contributed by atoms with van der Waals surface area (Å²) in [6.07, 6.45) is 1.17. The number of nitrogens with zero attached hydrogens (tertiary/aromatic N) is 1. The van der Waals surface area contributed by atoms with Crippen molar-refractivity contribution in [2.45, 2.75) is 13.0 Å². The molecule has 9 heteroatoms. The van der Waals surface area contributed by atoms with E-state index in [9.17, 15) is 13.2 Å². The molecule has 0 saturated heterocycles. The highest BCUT2D eigenvalue weighted by Gasteiger charge is 2.16.